The molecule has 2 N–H and O–H groups in total. The standard InChI is InChI=1S/C18H24N4O2/c1-12(20-16-10-19-22(11-16)18(3,4)5)17(24)21-15-8-6-7-14(9-15)13(2)23/h6-12,20H,1-5H3,(H,21,24)/t12-/m1/s1. The van der Waals surface area contributed by atoms with Crippen molar-refractivity contribution in [3.8, 4) is 0 Å². The molecule has 0 radical (unpaired) electrons. The maximum Gasteiger partial charge on any atom is 0.246 e. The number of hydrogen-bond donors (Lipinski definition) is 2. The first kappa shape index (κ1) is 17.7. The summed E-state index contributed by atoms with van der Waals surface area (Å²) in [5.41, 5.74) is 1.84. The maximum absolute atomic E-state index is 12.3. The van der Waals surface area contributed by atoms with Crippen LogP contribution in [0.5, 0.6) is 0 Å². The second kappa shape index (κ2) is 6.86. The van der Waals surface area contributed by atoms with E-state index >= 15 is 0 Å². The first-order chi connectivity index (χ1) is 11.2. The van der Waals surface area contributed by atoms with Gasteiger partial charge < -0.3 is 10.6 Å². The van der Waals surface area contributed by atoms with Crippen LogP contribution in [-0.2, 0) is 10.3 Å². The van der Waals surface area contributed by atoms with Crippen molar-refractivity contribution in [2.24, 2.45) is 0 Å². The number of carbonyl (C=O) groups excluding carboxylic acids is 2. The molecule has 0 unspecified atom stereocenters. The number of benzene rings is 1. The average Bonchev–Trinajstić information content (AvgIpc) is 2.96. The van der Waals surface area contributed by atoms with Gasteiger partial charge in [-0.1, -0.05) is 12.1 Å². The van der Waals surface area contributed by atoms with Gasteiger partial charge in [0.2, 0.25) is 5.91 Å². The molecule has 0 aliphatic carbocycles. The van der Waals surface area contributed by atoms with Crippen molar-refractivity contribution >= 4 is 23.1 Å². The van der Waals surface area contributed by atoms with E-state index in [1.165, 1.54) is 6.92 Å². The van der Waals surface area contributed by atoms with E-state index in [1.54, 1.807) is 37.4 Å². The van der Waals surface area contributed by atoms with E-state index in [4.69, 9.17) is 0 Å². The van der Waals surface area contributed by atoms with Crippen LogP contribution in [0.15, 0.2) is 36.7 Å². The molecule has 0 aliphatic rings. The number of anilines is 2. The molecule has 0 saturated carbocycles. The molecule has 1 atom stereocenters. The van der Waals surface area contributed by atoms with Gasteiger partial charge in [-0.05, 0) is 46.8 Å². The molecule has 1 heterocycles. The largest absolute Gasteiger partial charge is 0.371 e. The fourth-order valence-electron chi connectivity index (χ4n) is 2.15. The Balaban J connectivity index is 2.01. The number of amides is 1. The normalized spacial score (nSPS) is 12.5. The fraction of sp³-hybridized carbons (Fsp3) is 0.389. The van der Waals surface area contributed by atoms with Gasteiger partial charge in [0.25, 0.3) is 0 Å². The molecule has 1 aromatic heterocycles. The number of nitrogens with one attached hydrogen (secondary N) is 2. The summed E-state index contributed by atoms with van der Waals surface area (Å²) in [5.74, 6) is -0.217. The SMILES string of the molecule is CC(=O)c1cccc(NC(=O)[C@@H](C)Nc2cnn(C(C)(C)C)c2)c1. The van der Waals surface area contributed by atoms with Gasteiger partial charge in [0.15, 0.2) is 5.78 Å². The van der Waals surface area contributed by atoms with E-state index in [1.807, 2.05) is 10.9 Å². The molecule has 24 heavy (non-hydrogen) atoms. The van der Waals surface area contributed by atoms with E-state index in [9.17, 15) is 9.59 Å². The van der Waals surface area contributed by atoms with Gasteiger partial charge in [-0.3, -0.25) is 14.3 Å². The van der Waals surface area contributed by atoms with Crippen LogP contribution in [0.1, 0.15) is 45.0 Å². The predicted molar refractivity (Wildman–Crippen MR) is 95.4 cm³/mol. The number of aromatic nitrogens is 2. The van der Waals surface area contributed by atoms with Crippen molar-refractivity contribution in [2.45, 2.75) is 46.2 Å². The zero-order valence-corrected chi connectivity index (χ0v) is 14.8. The molecule has 128 valence electrons. The van der Waals surface area contributed by atoms with Crippen molar-refractivity contribution < 1.29 is 9.59 Å². The minimum atomic E-state index is -0.441. The first-order valence-corrected chi connectivity index (χ1v) is 7.90. The van der Waals surface area contributed by atoms with Gasteiger partial charge in [-0.2, -0.15) is 5.10 Å². The third-order valence-corrected chi connectivity index (χ3v) is 3.58. The van der Waals surface area contributed by atoms with Crippen LogP contribution in [0.3, 0.4) is 0 Å². The number of ketones is 1. The lowest BCUT2D eigenvalue weighted by Gasteiger charge is -2.19. The quantitative estimate of drug-likeness (QED) is 0.826. The number of hydrogen-bond acceptors (Lipinski definition) is 4. The summed E-state index contributed by atoms with van der Waals surface area (Å²) in [4.78, 5) is 23.7. The van der Waals surface area contributed by atoms with E-state index < -0.39 is 6.04 Å². The molecule has 2 aromatic rings. The Morgan fingerprint density at radius 2 is 1.92 bits per heavy atom. The Labute approximate surface area is 142 Å². The molecule has 6 nitrogen and oxygen atoms in total. The summed E-state index contributed by atoms with van der Waals surface area (Å²) in [6, 6.07) is 6.46. The second-order valence-electron chi connectivity index (χ2n) is 6.84. The Hall–Kier alpha value is -2.63. The number of carbonyl (C=O) groups is 2. The van der Waals surface area contributed by atoms with E-state index in [2.05, 4.69) is 36.5 Å². The third-order valence-electron chi connectivity index (χ3n) is 3.58. The van der Waals surface area contributed by atoms with Crippen LogP contribution in [-0.4, -0.2) is 27.5 Å². The van der Waals surface area contributed by atoms with E-state index in [-0.39, 0.29) is 17.2 Å². The number of nitrogens with zero attached hydrogens (tertiary/aromatic N) is 2. The van der Waals surface area contributed by atoms with E-state index in [0.29, 0.717) is 11.3 Å². The van der Waals surface area contributed by atoms with Crippen LogP contribution in [0.25, 0.3) is 0 Å². The summed E-state index contributed by atoms with van der Waals surface area (Å²) in [6.07, 6.45) is 3.57. The van der Waals surface area contributed by atoms with Crippen molar-refractivity contribution in [3.05, 3.63) is 42.2 Å². The monoisotopic (exact) mass is 328 g/mol. The van der Waals surface area contributed by atoms with Crippen molar-refractivity contribution in [1.82, 2.24) is 9.78 Å². The molecular weight excluding hydrogens is 304 g/mol. The summed E-state index contributed by atoms with van der Waals surface area (Å²) >= 11 is 0. The van der Waals surface area contributed by atoms with E-state index in [0.717, 1.165) is 5.69 Å². The second-order valence-corrected chi connectivity index (χ2v) is 6.84. The van der Waals surface area contributed by atoms with Gasteiger partial charge in [-0.25, -0.2) is 0 Å². The average molecular weight is 328 g/mol. The molecular formula is C18H24N4O2. The highest BCUT2D eigenvalue weighted by Gasteiger charge is 2.17. The van der Waals surface area contributed by atoms with Gasteiger partial charge in [0, 0.05) is 17.4 Å². The van der Waals surface area contributed by atoms with Crippen LogP contribution in [0, 0.1) is 0 Å². The molecule has 2 rings (SSSR count). The van der Waals surface area contributed by atoms with Crippen LogP contribution in [0.2, 0.25) is 0 Å². The molecule has 1 aromatic carbocycles. The predicted octanol–water partition coefficient (Wildman–Crippen LogP) is 3.28. The van der Waals surface area contributed by atoms with Gasteiger partial charge in [0.05, 0.1) is 17.4 Å². The fourth-order valence-corrected chi connectivity index (χ4v) is 2.15. The van der Waals surface area contributed by atoms with Crippen molar-refractivity contribution in [2.75, 3.05) is 10.6 Å². The highest BCUT2D eigenvalue weighted by molar-refractivity contribution is 5.99. The Bertz CT molecular complexity index is 743. The molecule has 0 saturated heterocycles. The Morgan fingerprint density at radius 1 is 1.21 bits per heavy atom. The lowest BCUT2D eigenvalue weighted by Crippen LogP contribution is -2.31. The third kappa shape index (κ3) is 4.44. The molecule has 0 bridgehead atoms. The highest BCUT2D eigenvalue weighted by Crippen LogP contribution is 2.17. The zero-order valence-electron chi connectivity index (χ0n) is 14.8. The number of Topliss-reactive ketones (excluding diaryl/α,β-unsaturated/α-hetero) is 1. The van der Waals surface area contributed by atoms with Gasteiger partial charge in [-0.15, -0.1) is 0 Å². The van der Waals surface area contributed by atoms with Crippen molar-refractivity contribution in [3.63, 3.8) is 0 Å². The maximum atomic E-state index is 12.3. The summed E-state index contributed by atoms with van der Waals surface area (Å²) in [5, 5.41) is 10.2. The lowest BCUT2D eigenvalue weighted by atomic mass is 10.1. The summed E-state index contributed by atoms with van der Waals surface area (Å²) in [7, 11) is 0. The molecule has 0 fully saturated rings. The minimum Gasteiger partial charge on any atom is -0.371 e. The van der Waals surface area contributed by atoms with Crippen molar-refractivity contribution in [1.29, 1.82) is 0 Å². The highest BCUT2D eigenvalue weighted by atomic mass is 16.2. The molecule has 0 aliphatic heterocycles. The van der Waals surface area contributed by atoms with Gasteiger partial charge >= 0.3 is 0 Å². The Kier molecular flexibility index (Phi) is 5.07. The molecule has 0 spiro atoms. The minimum absolute atomic E-state index is 0.0353. The lowest BCUT2D eigenvalue weighted by molar-refractivity contribution is -0.116. The Morgan fingerprint density at radius 3 is 2.50 bits per heavy atom. The molecule has 1 amide bonds. The smallest absolute Gasteiger partial charge is 0.246 e. The van der Waals surface area contributed by atoms with Crippen LogP contribution in [0.4, 0.5) is 11.4 Å². The summed E-state index contributed by atoms with van der Waals surface area (Å²) in [6.45, 7) is 9.45. The summed E-state index contributed by atoms with van der Waals surface area (Å²) < 4.78 is 1.84. The van der Waals surface area contributed by atoms with Gasteiger partial charge in [0.1, 0.15) is 6.04 Å². The first-order valence-electron chi connectivity index (χ1n) is 7.90. The van der Waals surface area contributed by atoms with Crippen LogP contribution >= 0.6 is 0 Å². The topological polar surface area (TPSA) is 76.0 Å². The zero-order chi connectivity index (χ0) is 17.9. The van der Waals surface area contributed by atoms with Crippen LogP contribution < -0.4 is 10.6 Å². The number of rotatable bonds is 5. The molecule has 6 heteroatoms.